The van der Waals surface area contributed by atoms with Crippen LogP contribution >= 0.6 is 11.6 Å². The van der Waals surface area contributed by atoms with Crippen LogP contribution in [-0.4, -0.2) is 7.11 Å². The summed E-state index contributed by atoms with van der Waals surface area (Å²) in [5.41, 5.74) is 6.65. The van der Waals surface area contributed by atoms with Crippen molar-refractivity contribution in [3.05, 3.63) is 28.5 Å². The lowest BCUT2D eigenvalue weighted by molar-refractivity contribution is 0.284. The van der Waals surface area contributed by atoms with Gasteiger partial charge in [-0.05, 0) is 18.9 Å². The van der Waals surface area contributed by atoms with E-state index < -0.39 is 11.4 Å². The molecule has 0 atom stereocenters. The van der Waals surface area contributed by atoms with E-state index in [2.05, 4.69) is 0 Å². The van der Waals surface area contributed by atoms with Gasteiger partial charge in [0.15, 0.2) is 11.6 Å². The minimum atomic E-state index is -0.512. The molecule has 0 unspecified atom stereocenters. The van der Waals surface area contributed by atoms with Crippen molar-refractivity contribution in [1.82, 2.24) is 0 Å². The number of halogens is 2. The predicted molar refractivity (Wildman–Crippen MR) is 66.9 cm³/mol. The molecule has 1 aliphatic rings. The first-order valence-electron chi connectivity index (χ1n) is 5.90. The van der Waals surface area contributed by atoms with Gasteiger partial charge in [0.05, 0.1) is 12.1 Å². The Hall–Kier alpha value is -0.800. The van der Waals surface area contributed by atoms with E-state index in [1.807, 2.05) is 0 Å². The average Bonchev–Trinajstić information content (AvgIpc) is 2.33. The van der Waals surface area contributed by atoms with Crippen LogP contribution in [0.1, 0.15) is 37.7 Å². The highest BCUT2D eigenvalue weighted by Crippen LogP contribution is 2.41. The lowest BCUT2D eigenvalue weighted by Crippen LogP contribution is -2.39. The van der Waals surface area contributed by atoms with Gasteiger partial charge in [-0.15, -0.1) is 0 Å². The second-order valence-electron chi connectivity index (χ2n) is 4.66. The molecule has 1 fully saturated rings. The topological polar surface area (TPSA) is 35.2 Å². The molecule has 0 amide bonds. The second kappa shape index (κ2) is 4.83. The van der Waals surface area contributed by atoms with E-state index in [-0.39, 0.29) is 10.8 Å². The molecular formula is C13H17ClFNO. The summed E-state index contributed by atoms with van der Waals surface area (Å²) < 4.78 is 19.0. The Morgan fingerprint density at radius 1 is 1.29 bits per heavy atom. The smallest absolute Gasteiger partial charge is 0.183 e. The van der Waals surface area contributed by atoms with Crippen LogP contribution in [0, 0.1) is 5.82 Å². The quantitative estimate of drug-likeness (QED) is 0.879. The van der Waals surface area contributed by atoms with Gasteiger partial charge in [0, 0.05) is 11.1 Å². The first-order valence-corrected chi connectivity index (χ1v) is 6.27. The number of hydrogen-bond acceptors (Lipinski definition) is 2. The normalized spacial score (nSPS) is 19.1. The monoisotopic (exact) mass is 257 g/mol. The molecule has 0 heterocycles. The highest BCUT2D eigenvalue weighted by Gasteiger charge is 2.33. The SMILES string of the molecule is COc1c(C2(N)CCCCC2)ccc(Cl)c1F. The van der Waals surface area contributed by atoms with Crippen LogP contribution in [0.25, 0.3) is 0 Å². The summed E-state index contributed by atoms with van der Waals surface area (Å²) in [5.74, 6) is -0.316. The van der Waals surface area contributed by atoms with E-state index in [1.165, 1.54) is 13.5 Å². The van der Waals surface area contributed by atoms with Crippen molar-refractivity contribution < 1.29 is 9.13 Å². The Kier molecular flexibility index (Phi) is 3.59. The minimum Gasteiger partial charge on any atom is -0.493 e. The van der Waals surface area contributed by atoms with E-state index in [1.54, 1.807) is 12.1 Å². The molecule has 0 radical (unpaired) electrons. The molecule has 1 aromatic rings. The molecule has 0 bridgehead atoms. The molecule has 4 heteroatoms. The van der Waals surface area contributed by atoms with Gasteiger partial charge in [-0.25, -0.2) is 4.39 Å². The Balaban J connectivity index is 2.47. The molecule has 1 saturated carbocycles. The van der Waals surface area contributed by atoms with Gasteiger partial charge in [-0.3, -0.25) is 0 Å². The van der Waals surface area contributed by atoms with Gasteiger partial charge in [-0.1, -0.05) is 36.9 Å². The lowest BCUT2D eigenvalue weighted by Gasteiger charge is -2.35. The zero-order valence-corrected chi connectivity index (χ0v) is 10.7. The van der Waals surface area contributed by atoms with Crippen molar-refractivity contribution in [2.24, 2.45) is 5.73 Å². The molecule has 94 valence electrons. The summed E-state index contributed by atoms with van der Waals surface area (Å²) in [5, 5.41) is 0.0741. The molecule has 0 saturated heterocycles. The maximum Gasteiger partial charge on any atom is 0.183 e. The molecule has 2 nitrogen and oxygen atoms in total. The van der Waals surface area contributed by atoms with E-state index in [0.717, 1.165) is 31.2 Å². The van der Waals surface area contributed by atoms with Crippen molar-refractivity contribution in [3.8, 4) is 5.75 Å². The number of methoxy groups -OCH3 is 1. The second-order valence-corrected chi connectivity index (χ2v) is 5.07. The van der Waals surface area contributed by atoms with Crippen molar-refractivity contribution in [3.63, 3.8) is 0 Å². The standard InChI is InChI=1S/C13H17ClFNO/c1-17-12-9(5-6-10(14)11(12)15)13(16)7-3-2-4-8-13/h5-6H,2-4,7-8,16H2,1H3. The van der Waals surface area contributed by atoms with Crippen LogP contribution < -0.4 is 10.5 Å². The summed E-state index contributed by atoms with van der Waals surface area (Å²) in [4.78, 5) is 0. The Morgan fingerprint density at radius 3 is 2.53 bits per heavy atom. The van der Waals surface area contributed by atoms with Crippen LogP contribution in [0.4, 0.5) is 4.39 Å². The van der Waals surface area contributed by atoms with Crippen LogP contribution in [-0.2, 0) is 5.54 Å². The molecular weight excluding hydrogens is 241 g/mol. The van der Waals surface area contributed by atoms with E-state index in [0.29, 0.717) is 0 Å². The molecule has 0 aromatic heterocycles. The molecule has 2 rings (SSSR count). The Labute approximate surface area is 106 Å². The molecule has 17 heavy (non-hydrogen) atoms. The maximum atomic E-state index is 13.9. The number of ether oxygens (including phenoxy) is 1. The van der Waals surface area contributed by atoms with E-state index in [4.69, 9.17) is 22.1 Å². The number of nitrogens with two attached hydrogens (primary N) is 1. The third-order valence-corrected chi connectivity index (χ3v) is 3.83. The van der Waals surface area contributed by atoms with Gasteiger partial charge >= 0.3 is 0 Å². The summed E-state index contributed by atoms with van der Waals surface area (Å²) in [6.07, 6.45) is 5.07. The van der Waals surface area contributed by atoms with Crippen LogP contribution in [0.15, 0.2) is 12.1 Å². The first-order chi connectivity index (χ1) is 8.08. The molecule has 1 aromatic carbocycles. The largest absolute Gasteiger partial charge is 0.493 e. The average molecular weight is 258 g/mol. The summed E-state index contributed by atoms with van der Waals surface area (Å²) in [6.45, 7) is 0. The van der Waals surface area contributed by atoms with Crippen molar-refractivity contribution in [1.29, 1.82) is 0 Å². The third kappa shape index (κ3) is 2.26. The van der Waals surface area contributed by atoms with Crippen LogP contribution in [0.5, 0.6) is 5.75 Å². The molecule has 0 spiro atoms. The first kappa shape index (κ1) is 12.7. The fourth-order valence-corrected chi connectivity index (χ4v) is 2.72. The number of rotatable bonds is 2. The van der Waals surface area contributed by atoms with Crippen molar-refractivity contribution >= 4 is 11.6 Å². The maximum absolute atomic E-state index is 13.9. The molecule has 1 aliphatic carbocycles. The summed E-state index contributed by atoms with van der Waals surface area (Å²) >= 11 is 5.75. The van der Waals surface area contributed by atoms with E-state index in [9.17, 15) is 4.39 Å². The predicted octanol–water partition coefficient (Wildman–Crippen LogP) is 3.61. The Morgan fingerprint density at radius 2 is 1.94 bits per heavy atom. The minimum absolute atomic E-state index is 0.0741. The van der Waals surface area contributed by atoms with Crippen LogP contribution in [0.2, 0.25) is 5.02 Å². The molecule has 0 aliphatic heterocycles. The van der Waals surface area contributed by atoms with Crippen molar-refractivity contribution in [2.75, 3.05) is 7.11 Å². The fourth-order valence-electron chi connectivity index (χ4n) is 2.58. The highest BCUT2D eigenvalue weighted by molar-refractivity contribution is 6.30. The van der Waals surface area contributed by atoms with Gasteiger partial charge in [0.2, 0.25) is 0 Å². The third-order valence-electron chi connectivity index (χ3n) is 3.54. The highest BCUT2D eigenvalue weighted by atomic mass is 35.5. The summed E-state index contributed by atoms with van der Waals surface area (Å²) in [6, 6.07) is 3.34. The van der Waals surface area contributed by atoms with Gasteiger partial charge in [0.1, 0.15) is 0 Å². The zero-order chi connectivity index (χ0) is 12.5. The van der Waals surface area contributed by atoms with Gasteiger partial charge in [0.25, 0.3) is 0 Å². The summed E-state index contributed by atoms with van der Waals surface area (Å²) in [7, 11) is 1.45. The number of hydrogen-bond donors (Lipinski definition) is 1. The lowest BCUT2D eigenvalue weighted by atomic mass is 9.77. The number of benzene rings is 1. The van der Waals surface area contributed by atoms with Gasteiger partial charge < -0.3 is 10.5 Å². The zero-order valence-electron chi connectivity index (χ0n) is 9.93. The van der Waals surface area contributed by atoms with Gasteiger partial charge in [-0.2, -0.15) is 0 Å². The molecule has 2 N–H and O–H groups in total. The van der Waals surface area contributed by atoms with Crippen molar-refractivity contribution in [2.45, 2.75) is 37.6 Å². The van der Waals surface area contributed by atoms with Crippen LogP contribution in [0.3, 0.4) is 0 Å². The van der Waals surface area contributed by atoms with E-state index >= 15 is 0 Å². The fraction of sp³-hybridized carbons (Fsp3) is 0.538. The Bertz CT molecular complexity index is 416.